The van der Waals surface area contributed by atoms with Crippen LogP contribution in [0, 0.1) is 0 Å². The van der Waals surface area contributed by atoms with E-state index < -0.39 is 15.3 Å². The third kappa shape index (κ3) is 2.88. The minimum absolute atomic E-state index is 0.497. The van der Waals surface area contributed by atoms with Gasteiger partial charge in [-0.1, -0.05) is 0 Å². The Morgan fingerprint density at radius 1 is 1.57 bits per heavy atom. The van der Waals surface area contributed by atoms with Gasteiger partial charge in [-0.3, -0.25) is 0 Å². The van der Waals surface area contributed by atoms with Crippen LogP contribution < -0.4 is 4.83 Å². The molecule has 0 spiro atoms. The molecule has 5 nitrogen and oxygen atoms in total. The minimum atomic E-state index is -3.34. The van der Waals surface area contributed by atoms with Gasteiger partial charge >= 0.3 is 0 Å². The first-order chi connectivity index (χ1) is 6.52. The van der Waals surface area contributed by atoms with Crippen molar-refractivity contribution in [2.75, 3.05) is 0 Å². The van der Waals surface area contributed by atoms with Crippen molar-refractivity contribution >= 4 is 16.2 Å². The predicted molar refractivity (Wildman–Crippen MR) is 53.5 cm³/mol. The second kappa shape index (κ2) is 4.28. The lowest BCUT2D eigenvalue weighted by Crippen LogP contribution is -2.26. The van der Waals surface area contributed by atoms with Crippen LogP contribution in [0.3, 0.4) is 0 Å². The molecule has 0 aliphatic rings. The molecule has 0 saturated heterocycles. The zero-order valence-corrected chi connectivity index (χ0v) is 8.78. The Labute approximate surface area is 82.9 Å². The second-order valence-corrected chi connectivity index (χ2v) is 5.17. The highest BCUT2D eigenvalue weighted by Crippen LogP contribution is 1.97. The molecular weight excluding hydrogens is 204 g/mol. The third-order valence-corrected chi connectivity index (χ3v) is 3.14. The molecule has 1 aromatic rings. The molecule has 0 atom stereocenters. The zero-order chi connectivity index (χ0) is 10.6. The Balaban J connectivity index is 2.57. The molecule has 14 heavy (non-hydrogen) atoms. The van der Waals surface area contributed by atoms with Crippen LogP contribution in [-0.4, -0.2) is 19.9 Å². The molecule has 1 rings (SSSR count). The van der Waals surface area contributed by atoms with E-state index in [4.69, 9.17) is 4.42 Å². The minimum Gasteiger partial charge on any atom is -0.463 e. The first-order valence-corrected chi connectivity index (χ1v) is 5.64. The van der Waals surface area contributed by atoms with Crippen LogP contribution in [0.1, 0.15) is 19.6 Å². The van der Waals surface area contributed by atoms with Crippen LogP contribution in [0.4, 0.5) is 0 Å². The quantitative estimate of drug-likeness (QED) is 0.601. The van der Waals surface area contributed by atoms with Crippen LogP contribution in [-0.2, 0) is 10.0 Å². The molecule has 1 aromatic heterocycles. The molecule has 0 radical (unpaired) electrons. The van der Waals surface area contributed by atoms with Gasteiger partial charge in [-0.05, 0) is 26.0 Å². The van der Waals surface area contributed by atoms with Crippen molar-refractivity contribution in [1.29, 1.82) is 0 Å². The summed E-state index contributed by atoms with van der Waals surface area (Å²) in [4.78, 5) is 2.08. The fraction of sp³-hybridized carbons (Fsp3) is 0.375. The Hall–Kier alpha value is -1.30. The molecule has 0 bridgehead atoms. The summed E-state index contributed by atoms with van der Waals surface area (Å²) in [7, 11) is -3.34. The van der Waals surface area contributed by atoms with E-state index in [-0.39, 0.29) is 0 Å². The summed E-state index contributed by atoms with van der Waals surface area (Å²) in [5.74, 6) is 0.497. The molecule has 0 saturated carbocycles. The van der Waals surface area contributed by atoms with Gasteiger partial charge in [-0.25, -0.2) is 13.2 Å². The average molecular weight is 216 g/mol. The van der Waals surface area contributed by atoms with E-state index in [2.05, 4.69) is 9.93 Å². The summed E-state index contributed by atoms with van der Waals surface area (Å²) in [5, 5.41) is 3.05. The Morgan fingerprint density at radius 3 is 2.79 bits per heavy atom. The molecule has 0 fully saturated rings. The summed E-state index contributed by atoms with van der Waals surface area (Å²) < 4.78 is 27.3. The molecule has 1 N–H and O–H groups in total. The van der Waals surface area contributed by atoms with E-state index in [1.165, 1.54) is 12.5 Å². The summed E-state index contributed by atoms with van der Waals surface area (Å²) in [6.07, 6.45) is 2.79. The standard InChI is InChI=1S/C8H12N2O3S/c1-7(2)14(11,12)10-9-6-8-4-3-5-13-8/h3-7,10H,1-2H3. The number of hydrogen-bond acceptors (Lipinski definition) is 4. The highest BCUT2D eigenvalue weighted by atomic mass is 32.2. The molecule has 1 heterocycles. The van der Waals surface area contributed by atoms with Gasteiger partial charge in [0, 0.05) is 0 Å². The van der Waals surface area contributed by atoms with Crippen molar-refractivity contribution in [3.8, 4) is 0 Å². The van der Waals surface area contributed by atoms with E-state index in [1.807, 2.05) is 0 Å². The van der Waals surface area contributed by atoms with Crippen LogP contribution >= 0.6 is 0 Å². The number of rotatable bonds is 4. The summed E-state index contributed by atoms with van der Waals surface area (Å²) in [5.41, 5.74) is 0. The molecule has 78 valence electrons. The van der Waals surface area contributed by atoms with E-state index in [0.29, 0.717) is 5.76 Å². The van der Waals surface area contributed by atoms with E-state index in [1.54, 1.807) is 26.0 Å². The van der Waals surface area contributed by atoms with E-state index in [9.17, 15) is 8.42 Å². The van der Waals surface area contributed by atoms with Gasteiger partial charge in [0.15, 0.2) is 0 Å². The predicted octanol–water partition coefficient (Wildman–Crippen LogP) is 0.941. The average Bonchev–Trinajstić information content (AvgIpc) is 2.56. The molecule has 0 aliphatic heterocycles. The number of hydrogen-bond donors (Lipinski definition) is 1. The monoisotopic (exact) mass is 216 g/mol. The van der Waals surface area contributed by atoms with Gasteiger partial charge < -0.3 is 4.42 Å². The maximum Gasteiger partial charge on any atom is 0.249 e. The highest BCUT2D eigenvalue weighted by Gasteiger charge is 2.13. The molecule has 0 aromatic carbocycles. The second-order valence-electron chi connectivity index (χ2n) is 2.96. The number of hydrazone groups is 1. The summed E-state index contributed by atoms with van der Waals surface area (Å²) >= 11 is 0. The fourth-order valence-electron chi connectivity index (χ4n) is 0.634. The topological polar surface area (TPSA) is 71.7 Å². The third-order valence-electron chi connectivity index (χ3n) is 1.54. The van der Waals surface area contributed by atoms with Gasteiger partial charge in [0.25, 0.3) is 0 Å². The lowest BCUT2D eigenvalue weighted by atomic mass is 10.5. The van der Waals surface area contributed by atoms with Gasteiger partial charge in [0.2, 0.25) is 10.0 Å². The first kappa shape index (κ1) is 10.8. The van der Waals surface area contributed by atoms with Gasteiger partial charge in [0.05, 0.1) is 17.7 Å². The molecule has 0 unspecified atom stereocenters. The SMILES string of the molecule is CC(C)S(=O)(=O)NN=Cc1ccco1. The van der Waals surface area contributed by atoms with Crippen molar-refractivity contribution in [3.63, 3.8) is 0 Å². The van der Waals surface area contributed by atoms with Gasteiger partial charge in [0.1, 0.15) is 5.76 Å². The summed E-state index contributed by atoms with van der Waals surface area (Å²) in [6, 6.07) is 3.37. The largest absolute Gasteiger partial charge is 0.463 e. The van der Waals surface area contributed by atoms with Crippen molar-refractivity contribution in [3.05, 3.63) is 24.2 Å². The number of sulfonamides is 1. The maximum absolute atomic E-state index is 11.2. The Morgan fingerprint density at radius 2 is 2.29 bits per heavy atom. The van der Waals surface area contributed by atoms with E-state index in [0.717, 1.165) is 0 Å². The van der Waals surface area contributed by atoms with Crippen molar-refractivity contribution in [1.82, 2.24) is 4.83 Å². The van der Waals surface area contributed by atoms with Gasteiger partial charge in [-0.15, -0.1) is 0 Å². The van der Waals surface area contributed by atoms with Crippen LogP contribution in [0.25, 0.3) is 0 Å². The van der Waals surface area contributed by atoms with Gasteiger partial charge in [-0.2, -0.15) is 5.10 Å². The Bertz CT molecular complexity index is 392. The lowest BCUT2D eigenvalue weighted by molar-refractivity contribution is 0.559. The molecule has 0 aliphatic carbocycles. The lowest BCUT2D eigenvalue weighted by Gasteiger charge is -2.04. The number of furan rings is 1. The fourth-order valence-corrected chi connectivity index (χ4v) is 1.04. The molecule has 6 heteroatoms. The summed E-state index contributed by atoms with van der Waals surface area (Å²) in [6.45, 7) is 3.15. The molecule has 0 amide bonds. The number of nitrogens with zero attached hydrogens (tertiary/aromatic N) is 1. The molecular formula is C8H12N2O3S. The number of nitrogens with one attached hydrogen (secondary N) is 1. The maximum atomic E-state index is 11.2. The van der Waals surface area contributed by atoms with Crippen molar-refractivity contribution < 1.29 is 12.8 Å². The van der Waals surface area contributed by atoms with Crippen molar-refractivity contribution in [2.24, 2.45) is 5.10 Å². The Kier molecular flexibility index (Phi) is 3.29. The van der Waals surface area contributed by atoms with Crippen LogP contribution in [0.5, 0.6) is 0 Å². The smallest absolute Gasteiger partial charge is 0.249 e. The normalized spacial score (nSPS) is 12.5. The zero-order valence-electron chi connectivity index (χ0n) is 7.97. The first-order valence-electron chi connectivity index (χ1n) is 4.09. The highest BCUT2D eigenvalue weighted by molar-refractivity contribution is 7.90. The van der Waals surface area contributed by atoms with E-state index >= 15 is 0 Å². The van der Waals surface area contributed by atoms with Crippen molar-refractivity contribution in [2.45, 2.75) is 19.1 Å². The van der Waals surface area contributed by atoms with Crippen LogP contribution in [0.2, 0.25) is 0 Å². The van der Waals surface area contributed by atoms with Crippen LogP contribution in [0.15, 0.2) is 27.9 Å².